The first-order valence-corrected chi connectivity index (χ1v) is 8.32. The van der Waals surface area contributed by atoms with Crippen LogP contribution in [0.4, 0.5) is 9.39 Å². The molecule has 2 N–H and O–H groups in total. The molecule has 128 valence electrons. The van der Waals surface area contributed by atoms with Gasteiger partial charge in [0, 0.05) is 6.54 Å². The van der Waals surface area contributed by atoms with Crippen LogP contribution in [0.5, 0.6) is 0 Å². The molecule has 7 heteroatoms. The van der Waals surface area contributed by atoms with Gasteiger partial charge in [0.15, 0.2) is 5.76 Å². The lowest BCUT2D eigenvalue weighted by atomic mass is 10.2. The van der Waals surface area contributed by atoms with Crippen molar-refractivity contribution in [1.82, 2.24) is 5.32 Å². The number of amides is 2. The molecule has 3 rings (SSSR count). The Morgan fingerprint density at radius 2 is 1.92 bits per heavy atom. The highest BCUT2D eigenvalue weighted by Gasteiger charge is 2.16. The molecule has 0 saturated heterocycles. The summed E-state index contributed by atoms with van der Waals surface area (Å²) in [6, 6.07) is 10.9. The van der Waals surface area contributed by atoms with Crippen molar-refractivity contribution in [2.75, 3.05) is 5.32 Å². The minimum atomic E-state index is -0.371. The Bertz CT molecular complexity index is 886. The second-order valence-corrected chi connectivity index (χ2v) is 6.42. The van der Waals surface area contributed by atoms with Crippen LogP contribution < -0.4 is 10.6 Å². The highest BCUT2D eigenvalue weighted by molar-refractivity contribution is 7.18. The molecule has 0 aliphatic heterocycles. The van der Waals surface area contributed by atoms with Gasteiger partial charge in [-0.1, -0.05) is 12.1 Å². The van der Waals surface area contributed by atoms with Gasteiger partial charge in [-0.25, -0.2) is 4.39 Å². The SMILES string of the molecule is Cc1cc(NC(=O)c2ccco2)sc1C(=O)NCc1ccc(F)cc1. The van der Waals surface area contributed by atoms with Gasteiger partial charge in [0.25, 0.3) is 11.8 Å². The minimum absolute atomic E-state index is 0.202. The second kappa shape index (κ2) is 7.31. The molecule has 0 fully saturated rings. The maximum absolute atomic E-state index is 12.9. The number of thiophene rings is 1. The molecule has 0 aliphatic carbocycles. The van der Waals surface area contributed by atoms with E-state index in [2.05, 4.69) is 10.6 Å². The molecule has 0 atom stereocenters. The second-order valence-electron chi connectivity index (χ2n) is 5.36. The summed E-state index contributed by atoms with van der Waals surface area (Å²) in [5, 5.41) is 6.05. The maximum atomic E-state index is 12.9. The number of carbonyl (C=O) groups is 2. The predicted octanol–water partition coefficient (Wildman–Crippen LogP) is 3.97. The van der Waals surface area contributed by atoms with Crippen LogP contribution in [0.3, 0.4) is 0 Å². The van der Waals surface area contributed by atoms with Crippen molar-refractivity contribution in [2.45, 2.75) is 13.5 Å². The largest absolute Gasteiger partial charge is 0.459 e. The van der Waals surface area contributed by atoms with Crippen LogP contribution in [0, 0.1) is 12.7 Å². The Kier molecular flexibility index (Phi) is 4.95. The Morgan fingerprint density at radius 3 is 2.60 bits per heavy atom. The lowest BCUT2D eigenvalue weighted by molar-refractivity contribution is 0.0953. The molecular formula is C18H15FN2O3S. The van der Waals surface area contributed by atoms with Gasteiger partial charge in [-0.2, -0.15) is 0 Å². The normalized spacial score (nSPS) is 10.5. The monoisotopic (exact) mass is 358 g/mol. The number of nitrogens with one attached hydrogen (secondary N) is 2. The van der Waals surface area contributed by atoms with E-state index in [4.69, 9.17) is 4.42 Å². The topological polar surface area (TPSA) is 71.3 Å². The third-order valence-corrected chi connectivity index (χ3v) is 4.62. The zero-order valence-corrected chi connectivity index (χ0v) is 14.2. The number of rotatable bonds is 5. The number of carbonyl (C=O) groups excluding carboxylic acids is 2. The fourth-order valence-corrected chi connectivity index (χ4v) is 3.20. The van der Waals surface area contributed by atoms with E-state index in [1.165, 1.54) is 29.7 Å². The van der Waals surface area contributed by atoms with E-state index in [1.807, 2.05) is 0 Å². The molecule has 3 aromatic rings. The number of hydrogen-bond acceptors (Lipinski definition) is 4. The standard InChI is InChI=1S/C18H15FN2O3S/c1-11-9-15(21-17(22)14-3-2-8-24-14)25-16(11)18(23)20-10-12-4-6-13(19)7-5-12/h2-9H,10H2,1H3,(H,20,23)(H,21,22). The van der Waals surface area contributed by atoms with Crippen molar-refractivity contribution in [1.29, 1.82) is 0 Å². The average Bonchev–Trinajstić information content (AvgIpc) is 3.24. The van der Waals surface area contributed by atoms with Crippen molar-refractivity contribution in [2.24, 2.45) is 0 Å². The van der Waals surface area contributed by atoms with E-state index >= 15 is 0 Å². The Labute approximate surface area is 147 Å². The average molecular weight is 358 g/mol. The van der Waals surface area contributed by atoms with Crippen LogP contribution in [0.15, 0.2) is 53.1 Å². The van der Waals surface area contributed by atoms with Crippen molar-refractivity contribution in [3.8, 4) is 0 Å². The van der Waals surface area contributed by atoms with Crippen molar-refractivity contribution in [3.63, 3.8) is 0 Å². The molecule has 2 heterocycles. The molecule has 0 bridgehead atoms. The van der Waals surface area contributed by atoms with Crippen LogP contribution in [-0.2, 0) is 6.54 Å². The number of furan rings is 1. The van der Waals surface area contributed by atoms with E-state index in [0.717, 1.165) is 11.1 Å². The number of benzene rings is 1. The summed E-state index contributed by atoms with van der Waals surface area (Å²) in [6.07, 6.45) is 1.42. The third kappa shape index (κ3) is 4.13. The molecule has 0 aliphatic rings. The fraction of sp³-hybridized carbons (Fsp3) is 0.111. The molecule has 2 amide bonds. The van der Waals surface area contributed by atoms with Gasteiger partial charge >= 0.3 is 0 Å². The van der Waals surface area contributed by atoms with Gasteiger partial charge in [-0.15, -0.1) is 11.3 Å². The van der Waals surface area contributed by atoms with Crippen LogP contribution >= 0.6 is 11.3 Å². The fourth-order valence-electron chi connectivity index (χ4n) is 2.22. The first-order valence-electron chi connectivity index (χ1n) is 7.51. The highest BCUT2D eigenvalue weighted by Crippen LogP contribution is 2.27. The molecule has 5 nitrogen and oxygen atoms in total. The van der Waals surface area contributed by atoms with Gasteiger partial charge in [0.05, 0.1) is 16.1 Å². The molecule has 0 saturated carbocycles. The summed E-state index contributed by atoms with van der Waals surface area (Å²) < 4.78 is 17.9. The van der Waals surface area contributed by atoms with Crippen molar-refractivity contribution >= 4 is 28.2 Å². The zero-order chi connectivity index (χ0) is 17.8. The molecule has 1 aromatic carbocycles. The summed E-state index contributed by atoms with van der Waals surface area (Å²) in [4.78, 5) is 24.8. The van der Waals surface area contributed by atoms with Crippen LogP contribution in [0.1, 0.15) is 31.4 Å². The van der Waals surface area contributed by atoms with Gasteiger partial charge in [0.2, 0.25) is 0 Å². The molecule has 0 spiro atoms. The van der Waals surface area contributed by atoms with E-state index < -0.39 is 0 Å². The molecule has 2 aromatic heterocycles. The number of hydrogen-bond donors (Lipinski definition) is 2. The number of anilines is 1. The summed E-state index contributed by atoms with van der Waals surface area (Å²) in [7, 11) is 0. The summed E-state index contributed by atoms with van der Waals surface area (Å²) in [5.74, 6) is -0.732. The van der Waals surface area contributed by atoms with Crippen LogP contribution in [-0.4, -0.2) is 11.8 Å². The van der Waals surface area contributed by atoms with Crippen LogP contribution in [0.2, 0.25) is 0 Å². The lowest BCUT2D eigenvalue weighted by Crippen LogP contribution is -2.22. The Balaban J connectivity index is 1.64. The summed E-state index contributed by atoms with van der Waals surface area (Å²) >= 11 is 1.19. The Hall–Kier alpha value is -2.93. The third-order valence-electron chi connectivity index (χ3n) is 3.47. The predicted molar refractivity (Wildman–Crippen MR) is 93.3 cm³/mol. The Morgan fingerprint density at radius 1 is 1.16 bits per heavy atom. The number of halogens is 1. The first-order chi connectivity index (χ1) is 12.0. The van der Waals surface area contributed by atoms with E-state index in [-0.39, 0.29) is 23.4 Å². The molecule has 25 heavy (non-hydrogen) atoms. The quantitative estimate of drug-likeness (QED) is 0.725. The summed E-state index contributed by atoms with van der Waals surface area (Å²) in [5.41, 5.74) is 1.56. The van der Waals surface area contributed by atoms with E-state index in [0.29, 0.717) is 16.4 Å². The smallest absolute Gasteiger partial charge is 0.291 e. The van der Waals surface area contributed by atoms with Crippen LogP contribution in [0.25, 0.3) is 0 Å². The lowest BCUT2D eigenvalue weighted by Gasteiger charge is -2.04. The van der Waals surface area contributed by atoms with E-state index in [1.54, 1.807) is 37.3 Å². The minimum Gasteiger partial charge on any atom is -0.459 e. The van der Waals surface area contributed by atoms with Crippen molar-refractivity contribution in [3.05, 3.63) is 76.3 Å². The maximum Gasteiger partial charge on any atom is 0.291 e. The van der Waals surface area contributed by atoms with Crippen molar-refractivity contribution < 1.29 is 18.4 Å². The highest BCUT2D eigenvalue weighted by atomic mass is 32.1. The zero-order valence-electron chi connectivity index (χ0n) is 13.3. The molecule has 0 radical (unpaired) electrons. The molecular weight excluding hydrogens is 343 g/mol. The number of aryl methyl sites for hydroxylation is 1. The van der Waals surface area contributed by atoms with Gasteiger partial charge in [-0.05, 0) is 48.4 Å². The summed E-state index contributed by atoms with van der Waals surface area (Å²) in [6.45, 7) is 2.09. The van der Waals surface area contributed by atoms with E-state index in [9.17, 15) is 14.0 Å². The molecule has 0 unspecified atom stereocenters. The first kappa shape index (κ1) is 16.9. The van der Waals surface area contributed by atoms with Gasteiger partial charge < -0.3 is 15.1 Å². The van der Waals surface area contributed by atoms with Gasteiger partial charge in [0.1, 0.15) is 5.82 Å². The van der Waals surface area contributed by atoms with Gasteiger partial charge in [-0.3, -0.25) is 9.59 Å².